The minimum Gasteiger partial charge on any atom is -0.456 e. The van der Waals surface area contributed by atoms with Crippen LogP contribution < -0.4 is 10.6 Å². The van der Waals surface area contributed by atoms with Gasteiger partial charge in [-0.3, -0.25) is 14.4 Å². The van der Waals surface area contributed by atoms with Crippen molar-refractivity contribution in [1.29, 1.82) is 0 Å². The summed E-state index contributed by atoms with van der Waals surface area (Å²) in [6.45, 7) is 1.14. The lowest BCUT2D eigenvalue weighted by atomic mass is 10.0. The number of hydrogen-bond acceptors (Lipinski definition) is 4. The van der Waals surface area contributed by atoms with E-state index in [-0.39, 0.29) is 24.7 Å². The summed E-state index contributed by atoms with van der Waals surface area (Å²) in [5.41, 5.74) is 1.50. The SMILES string of the molecule is CC(=O)N[C@@H](CC(=O)OCC(=O)NCc1ccc(F)cc1)c1ccccc1. The van der Waals surface area contributed by atoms with Crippen LogP contribution in [0.25, 0.3) is 0 Å². The molecule has 0 saturated carbocycles. The number of nitrogens with one attached hydrogen (secondary N) is 2. The Kier molecular flexibility index (Phi) is 7.49. The van der Waals surface area contributed by atoms with Crippen LogP contribution in [0.4, 0.5) is 4.39 Å². The van der Waals surface area contributed by atoms with Gasteiger partial charge in [0.05, 0.1) is 12.5 Å². The van der Waals surface area contributed by atoms with Gasteiger partial charge in [-0.25, -0.2) is 4.39 Å². The third kappa shape index (κ3) is 7.27. The molecule has 0 radical (unpaired) electrons. The van der Waals surface area contributed by atoms with Crippen molar-refractivity contribution in [3.05, 3.63) is 71.5 Å². The fourth-order valence-electron chi connectivity index (χ4n) is 2.41. The first-order valence-corrected chi connectivity index (χ1v) is 8.43. The second kappa shape index (κ2) is 10.1. The maximum atomic E-state index is 12.8. The number of carbonyl (C=O) groups excluding carboxylic acids is 3. The highest BCUT2D eigenvalue weighted by atomic mass is 19.1. The van der Waals surface area contributed by atoms with E-state index in [1.807, 2.05) is 6.07 Å². The van der Waals surface area contributed by atoms with Crippen LogP contribution in [0.1, 0.15) is 30.5 Å². The largest absolute Gasteiger partial charge is 0.456 e. The monoisotopic (exact) mass is 372 g/mol. The molecule has 0 aliphatic rings. The van der Waals surface area contributed by atoms with Crippen molar-refractivity contribution in [1.82, 2.24) is 10.6 Å². The molecule has 27 heavy (non-hydrogen) atoms. The first kappa shape index (κ1) is 20.1. The smallest absolute Gasteiger partial charge is 0.308 e. The molecule has 0 unspecified atom stereocenters. The molecule has 2 amide bonds. The zero-order valence-electron chi connectivity index (χ0n) is 14.9. The van der Waals surface area contributed by atoms with E-state index >= 15 is 0 Å². The van der Waals surface area contributed by atoms with E-state index < -0.39 is 24.5 Å². The predicted molar refractivity (Wildman–Crippen MR) is 96.8 cm³/mol. The van der Waals surface area contributed by atoms with E-state index in [2.05, 4.69) is 10.6 Å². The fourth-order valence-corrected chi connectivity index (χ4v) is 2.41. The van der Waals surface area contributed by atoms with Crippen molar-refractivity contribution in [2.24, 2.45) is 0 Å². The second-order valence-electron chi connectivity index (χ2n) is 5.93. The third-order valence-electron chi connectivity index (χ3n) is 3.72. The maximum Gasteiger partial charge on any atom is 0.308 e. The van der Waals surface area contributed by atoms with Crippen LogP contribution >= 0.6 is 0 Å². The Morgan fingerprint density at radius 1 is 1.04 bits per heavy atom. The van der Waals surface area contributed by atoms with Crippen molar-refractivity contribution >= 4 is 17.8 Å². The molecule has 0 saturated heterocycles. The van der Waals surface area contributed by atoms with Gasteiger partial charge in [-0.15, -0.1) is 0 Å². The Morgan fingerprint density at radius 3 is 2.33 bits per heavy atom. The summed E-state index contributed by atoms with van der Waals surface area (Å²) in [6.07, 6.45) is -0.0885. The fraction of sp³-hybridized carbons (Fsp3) is 0.250. The number of esters is 1. The molecule has 0 aliphatic heterocycles. The molecule has 2 aromatic carbocycles. The molecular weight excluding hydrogens is 351 g/mol. The number of hydrogen-bond donors (Lipinski definition) is 2. The van der Waals surface area contributed by atoms with Gasteiger partial charge in [0.2, 0.25) is 5.91 Å². The van der Waals surface area contributed by atoms with E-state index in [0.29, 0.717) is 0 Å². The van der Waals surface area contributed by atoms with Gasteiger partial charge in [0, 0.05) is 13.5 Å². The van der Waals surface area contributed by atoms with Crippen molar-refractivity contribution < 1.29 is 23.5 Å². The summed E-state index contributed by atoms with van der Waals surface area (Å²) in [4.78, 5) is 35.2. The number of ether oxygens (including phenoxy) is 1. The highest BCUT2D eigenvalue weighted by Gasteiger charge is 2.18. The lowest BCUT2D eigenvalue weighted by Gasteiger charge is -2.17. The summed E-state index contributed by atoms with van der Waals surface area (Å²) in [5.74, 6) is -1.70. The Labute approximate surface area is 156 Å². The molecule has 1 atom stereocenters. The van der Waals surface area contributed by atoms with E-state index in [1.54, 1.807) is 36.4 Å². The summed E-state index contributed by atoms with van der Waals surface area (Å²) in [7, 11) is 0. The van der Waals surface area contributed by atoms with Crippen molar-refractivity contribution in [2.75, 3.05) is 6.61 Å². The van der Waals surface area contributed by atoms with Crippen LogP contribution in [0.2, 0.25) is 0 Å². The van der Waals surface area contributed by atoms with E-state index in [4.69, 9.17) is 4.74 Å². The number of carbonyl (C=O) groups is 3. The second-order valence-corrected chi connectivity index (χ2v) is 5.93. The van der Waals surface area contributed by atoms with Crippen molar-refractivity contribution in [3.63, 3.8) is 0 Å². The van der Waals surface area contributed by atoms with Gasteiger partial charge in [0.1, 0.15) is 5.82 Å². The van der Waals surface area contributed by atoms with Crippen LogP contribution in [0.3, 0.4) is 0 Å². The molecule has 0 bridgehead atoms. The molecule has 0 spiro atoms. The first-order valence-electron chi connectivity index (χ1n) is 8.43. The molecule has 0 heterocycles. The zero-order chi connectivity index (χ0) is 19.6. The van der Waals surface area contributed by atoms with E-state index in [1.165, 1.54) is 19.1 Å². The highest BCUT2D eigenvalue weighted by molar-refractivity contribution is 5.81. The number of benzene rings is 2. The van der Waals surface area contributed by atoms with E-state index in [9.17, 15) is 18.8 Å². The standard InChI is InChI=1S/C20H21FN2O4/c1-14(24)23-18(16-5-3-2-4-6-16)11-20(26)27-13-19(25)22-12-15-7-9-17(21)10-8-15/h2-10,18H,11-13H2,1H3,(H,22,25)(H,23,24)/t18-/m0/s1. The average Bonchev–Trinajstić information content (AvgIpc) is 2.66. The molecule has 2 aromatic rings. The molecule has 2 N–H and O–H groups in total. The normalized spacial score (nSPS) is 11.3. The molecule has 7 heteroatoms. The quantitative estimate of drug-likeness (QED) is 0.696. The van der Waals surface area contributed by atoms with Gasteiger partial charge in [-0.2, -0.15) is 0 Å². The van der Waals surface area contributed by atoms with Gasteiger partial charge in [-0.1, -0.05) is 42.5 Å². The average molecular weight is 372 g/mol. The molecule has 142 valence electrons. The lowest BCUT2D eigenvalue weighted by molar-refractivity contribution is -0.149. The van der Waals surface area contributed by atoms with Gasteiger partial charge in [0.25, 0.3) is 5.91 Å². The first-order chi connectivity index (χ1) is 12.9. The molecular formula is C20H21FN2O4. The summed E-state index contributed by atoms with van der Waals surface area (Å²) >= 11 is 0. The van der Waals surface area contributed by atoms with E-state index in [0.717, 1.165) is 11.1 Å². The highest BCUT2D eigenvalue weighted by Crippen LogP contribution is 2.17. The van der Waals surface area contributed by atoms with Crippen molar-refractivity contribution in [2.45, 2.75) is 25.9 Å². The summed E-state index contributed by atoms with van der Waals surface area (Å²) in [6, 6.07) is 14.2. The molecule has 2 rings (SSSR count). The molecule has 0 aromatic heterocycles. The Bertz CT molecular complexity index is 778. The maximum absolute atomic E-state index is 12.8. The number of halogens is 1. The van der Waals surface area contributed by atoms with Crippen LogP contribution in [0.15, 0.2) is 54.6 Å². The van der Waals surface area contributed by atoms with Crippen LogP contribution in [0, 0.1) is 5.82 Å². The number of rotatable bonds is 8. The lowest BCUT2D eigenvalue weighted by Crippen LogP contribution is -2.31. The summed E-state index contributed by atoms with van der Waals surface area (Å²) in [5, 5.41) is 5.28. The van der Waals surface area contributed by atoms with Gasteiger partial charge < -0.3 is 15.4 Å². The van der Waals surface area contributed by atoms with Gasteiger partial charge in [-0.05, 0) is 23.3 Å². The molecule has 0 aliphatic carbocycles. The van der Waals surface area contributed by atoms with Gasteiger partial charge in [0.15, 0.2) is 6.61 Å². The van der Waals surface area contributed by atoms with Crippen LogP contribution in [-0.2, 0) is 25.7 Å². The third-order valence-corrected chi connectivity index (χ3v) is 3.72. The van der Waals surface area contributed by atoms with Gasteiger partial charge >= 0.3 is 5.97 Å². The Balaban J connectivity index is 1.80. The summed E-state index contributed by atoms with van der Waals surface area (Å²) < 4.78 is 17.8. The minimum absolute atomic E-state index is 0.0885. The number of amides is 2. The molecule has 6 nitrogen and oxygen atoms in total. The minimum atomic E-state index is -0.602. The van der Waals surface area contributed by atoms with Crippen molar-refractivity contribution in [3.8, 4) is 0 Å². The van der Waals surface area contributed by atoms with Crippen LogP contribution in [-0.4, -0.2) is 24.4 Å². The Morgan fingerprint density at radius 2 is 1.70 bits per heavy atom. The molecule has 0 fully saturated rings. The predicted octanol–water partition coefficient (Wildman–Crippen LogP) is 2.25. The Hall–Kier alpha value is -3.22. The van der Waals surface area contributed by atoms with Crippen LogP contribution in [0.5, 0.6) is 0 Å². The zero-order valence-corrected chi connectivity index (χ0v) is 14.9. The topological polar surface area (TPSA) is 84.5 Å².